The highest BCUT2D eigenvalue weighted by Gasteiger charge is 2.26. The minimum Gasteiger partial charge on any atom is -0.307 e. The first-order chi connectivity index (χ1) is 11.8. The van der Waals surface area contributed by atoms with Crippen molar-refractivity contribution in [2.45, 2.75) is 6.92 Å². The van der Waals surface area contributed by atoms with Gasteiger partial charge in [0.1, 0.15) is 0 Å². The van der Waals surface area contributed by atoms with E-state index < -0.39 is 0 Å². The van der Waals surface area contributed by atoms with E-state index >= 15 is 0 Å². The maximum Gasteiger partial charge on any atom is 0.0970 e. The molecule has 3 aromatic carbocycles. The molecule has 2 heteroatoms. The summed E-state index contributed by atoms with van der Waals surface area (Å²) in [7, 11) is 0. The van der Waals surface area contributed by atoms with Crippen LogP contribution >= 0.6 is 0 Å². The molecule has 0 aliphatic carbocycles. The van der Waals surface area contributed by atoms with Gasteiger partial charge >= 0.3 is 0 Å². The molecule has 0 radical (unpaired) electrons. The van der Waals surface area contributed by atoms with Gasteiger partial charge in [0.15, 0.2) is 0 Å². The van der Waals surface area contributed by atoms with Gasteiger partial charge < -0.3 is 4.57 Å². The van der Waals surface area contributed by atoms with Crippen LogP contribution in [0.4, 0.5) is 5.69 Å². The highest BCUT2D eigenvalue weighted by Crippen LogP contribution is 2.35. The van der Waals surface area contributed by atoms with E-state index in [2.05, 4.69) is 60.0 Å². The van der Waals surface area contributed by atoms with Gasteiger partial charge in [-0.05, 0) is 43.3 Å². The highest BCUT2D eigenvalue weighted by atomic mass is 15.0. The zero-order chi connectivity index (χ0) is 16.1. The Balaban J connectivity index is 1.85. The molecule has 0 spiro atoms. The molecule has 0 atom stereocenters. The predicted molar refractivity (Wildman–Crippen MR) is 99.8 cm³/mol. The second-order valence-electron chi connectivity index (χ2n) is 6.24. The fraction of sp³-hybridized carbons (Fsp3) is 0.0455. The van der Waals surface area contributed by atoms with E-state index in [0.717, 1.165) is 11.4 Å². The number of aromatic nitrogens is 1. The molecule has 24 heavy (non-hydrogen) atoms. The molecule has 2 heterocycles. The lowest BCUT2D eigenvalue weighted by atomic mass is 10.1. The van der Waals surface area contributed by atoms with E-state index in [0.29, 0.717) is 0 Å². The van der Waals surface area contributed by atoms with Crippen LogP contribution in [0.25, 0.3) is 16.6 Å². The van der Waals surface area contributed by atoms with Crippen molar-refractivity contribution in [2.75, 3.05) is 0 Å². The minimum absolute atomic E-state index is 0.984. The van der Waals surface area contributed by atoms with E-state index in [1.165, 1.54) is 33.4 Å². The summed E-state index contributed by atoms with van der Waals surface area (Å²) in [6.07, 6.45) is 0. The van der Waals surface area contributed by atoms with E-state index in [9.17, 15) is 0 Å². The smallest absolute Gasteiger partial charge is 0.0970 e. The summed E-state index contributed by atoms with van der Waals surface area (Å²) in [5.74, 6) is 0. The number of rotatable bonds is 1. The number of para-hydroxylation sites is 2. The van der Waals surface area contributed by atoms with Crippen LogP contribution in [0.15, 0.2) is 83.9 Å². The number of benzene rings is 3. The first-order valence-corrected chi connectivity index (χ1v) is 8.17. The van der Waals surface area contributed by atoms with Crippen molar-refractivity contribution < 1.29 is 0 Å². The average Bonchev–Trinajstić information content (AvgIpc) is 3.11. The average molecular weight is 308 g/mol. The molecular weight excluding hydrogens is 292 g/mol. The van der Waals surface area contributed by atoms with Crippen molar-refractivity contribution in [1.82, 2.24) is 4.57 Å². The maximum absolute atomic E-state index is 4.95. The van der Waals surface area contributed by atoms with Crippen molar-refractivity contribution in [3.63, 3.8) is 0 Å². The number of hydrogen-bond donors (Lipinski definition) is 0. The summed E-state index contributed by atoms with van der Waals surface area (Å²) in [4.78, 5) is 4.95. The molecule has 0 fully saturated rings. The summed E-state index contributed by atoms with van der Waals surface area (Å²) in [6.45, 7) is 2.13. The third-order valence-corrected chi connectivity index (χ3v) is 4.60. The molecule has 0 unspecified atom stereocenters. The van der Waals surface area contributed by atoms with E-state index in [4.69, 9.17) is 4.99 Å². The summed E-state index contributed by atoms with van der Waals surface area (Å²) >= 11 is 0. The zero-order valence-corrected chi connectivity index (χ0v) is 13.4. The minimum atomic E-state index is 0.984. The van der Waals surface area contributed by atoms with Crippen molar-refractivity contribution in [2.24, 2.45) is 4.99 Å². The summed E-state index contributed by atoms with van der Waals surface area (Å²) in [5, 5.41) is 1.26. The van der Waals surface area contributed by atoms with Crippen LogP contribution in [-0.4, -0.2) is 10.3 Å². The Morgan fingerprint density at radius 2 is 1.58 bits per heavy atom. The van der Waals surface area contributed by atoms with Gasteiger partial charge in [-0.15, -0.1) is 0 Å². The Hall–Kier alpha value is -3.13. The Labute approximate surface area is 140 Å². The van der Waals surface area contributed by atoms with Crippen LogP contribution in [0.1, 0.15) is 16.8 Å². The fourth-order valence-corrected chi connectivity index (χ4v) is 3.52. The Bertz CT molecular complexity index is 1100. The largest absolute Gasteiger partial charge is 0.307 e. The molecule has 1 aliphatic heterocycles. The van der Waals surface area contributed by atoms with Crippen LogP contribution in [0.2, 0.25) is 0 Å². The molecule has 0 amide bonds. The molecule has 1 aromatic heterocycles. The normalized spacial score (nSPS) is 14.1. The van der Waals surface area contributed by atoms with Crippen molar-refractivity contribution in [1.29, 1.82) is 0 Å². The predicted octanol–water partition coefficient (Wildman–Crippen LogP) is 5.42. The number of aliphatic imine (C=N–C) groups is 1. The zero-order valence-electron chi connectivity index (χ0n) is 13.4. The number of hydrogen-bond acceptors (Lipinski definition) is 1. The van der Waals surface area contributed by atoms with Gasteiger partial charge in [0.05, 0.1) is 28.3 Å². The molecule has 1 aliphatic rings. The maximum atomic E-state index is 4.95. The number of fused-ring (bicyclic) bond motifs is 5. The lowest BCUT2D eigenvalue weighted by molar-refractivity contribution is 1.14. The third-order valence-electron chi connectivity index (χ3n) is 4.60. The molecular formula is C22H16N2. The molecule has 4 aromatic rings. The van der Waals surface area contributed by atoms with Gasteiger partial charge in [0, 0.05) is 10.9 Å². The van der Waals surface area contributed by atoms with E-state index in [-0.39, 0.29) is 0 Å². The summed E-state index contributed by atoms with van der Waals surface area (Å²) in [5.41, 5.74) is 8.12. The van der Waals surface area contributed by atoms with Crippen LogP contribution in [-0.2, 0) is 0 Å². The Morgan fingerprint density at radius 1 is 0.792 bits per heavy atom. The van der Waals surface area contributed by atoms with Crippen LogP contribution in [0.5, 0.6) is 0 Å². The molecule has 0 N–H and O–H groups in total. The highest BCUT2D eigenvalue weighted by molar-refractivity contribution is 6.20. The lowest BCUT2D eigenvalue weighted by Gasteiger charge is -2.04. The first kappa shape index (κ1) is 13.3. The Morgan fingerprint density at radius 3 is 2.46 bits per heavy atom. The van der Waals surface area contributed by atoms with Gasteiger partial charge in [-0.1, -0.05) is 48.0 Å². The Kier molecular flexibility index (Phi) is 2.74. The summed E-state index contributed by atoms with van der Waals surface area (Å²) < 4.78 is 2.33. The van der Waals surface area contributed by atoms with E-state index in [1.807, 2.05) is 30.3 Å². The van der Waals surface area contributed by atoms with Crippen LogP contribution in [0.3, 0.4) is 0 Å². The number of aryl methyl sites for hydroxylation is 1. The van der Waals surface area contributed by atoms with Crippen LogP contribution in [0, 0.1) is 6.92 Å². The first-order valence-electron chi connectivity index (χ1n) is 8.17. The SMILES string of the molecule is Cc1ccc2c(c1)cc1n2-c2ccccc2C1=Nc1ccccc1. The van der Waals surface area contributed by atoms with Crippen molar-refractivity contribution in [3.05, 3.63) is 95.7 Å². The molecule has 2 nitrogen and oxygen atoms in total. The van der Waals surface area contributed by atoms with Gasteiger partial charge in [0.25, 0.3) is 0 Å². The number of nitrogens with zero attached hydrogens (tertiary/aromatic N) is 2. The fourth-order valence-electron chi connectivity index (χ4n) is 3.52. The van der Waals surface area contributed by atoms with Crippen molar-refractivity contribution in [3.8, 4) is 5.69 Å². The summed E-state index contributed by atoms with van der Waals surface area (Å²) in [6, 6.07) is 27.5. The van der Waals surface area contributed by atoms with Gasteiger partial charge in [-0.2, -0.15) is 0 Å². The monoisotopic (exact) mass is 308 g/mol. The molecule has 0 saturated carbocycles. The molecule has 114 valence electrons. The molecule has 0 bridgehead atoms. The second-order valence-corrected chi connectivity index (χ2v) is 6.24. The van der Waals surface area contributed by atoms with Gasteiger partial charge in [-0.3, -0.25) is 0 Å². The topological polar surface area (TPSA) is 17.3 Å². The van der Waals surface area contributed by atoms with E-state index in [1.54, 1.807) is 0 Å². The van der Waals surface area contributed by atoms with Gasteiger partial charge in [-0.25, -0.2) is 4.99 Å². The van der Waals surface area contributed by atoms with Crippen molar-refractivity contribution >= 4 is 22.3 Å². The second kappa shape index (κ2) is 4.93. The lowest BCUT2D eigenvalue weighted by Crippen LogP contribution is -1.97. The molecule has 5 rings (SSSR count). The molecule has 0 saturated heterocycles. The third kappa shape index (κ3) is 1.86. The standard InChI is InChI=1S/C22H16N2/c1-15-11-12-19-16(13-15)14-21-22(23-17-7-3-2-4-8-17)18-9-5-6-10-20(18)24(19)21/h2-14H,1H3. The quantitative estimate of drug-likeness (QED) is 0.393. The van der Waals surface area contributed by atoms with Gasteiger partial charge in [0.2, 0.25) is 0 Å². The van der Waals surface area contributed by atoms with Crippen LogP contribution < -0.4 is 0 Å².